The smallest absolute Gasteiger partial charge is 0.378 e. The lowest BCUT2D eigenvalue weighted by atomic mass is 10.4. The summed E-state index contributed by atoms with van der Waals surface area (Å²) in [6, 6.07) is 0. The molecule has 0 saturated carbocycles. The van der Waals surface area contributed by atoms with Gasteiger partial charge in [0.1, 0.15) is 0 Å². The van der Waals surface area contributed by atoms with Gasteiger partial charge in [-0.15, -0.1) is 0 Å². The predicted molar refractivity (Wildman–Crippen MR) is 73.5 cm³/mol. The van der Waals surface area contributed by atoms with Crippen LogP contribution < -0.4 is 0 Å². The third-order valence-electron chi connectivity index (χ3n) is 2.42. The molecular weight excluding hydrogens is 253 g/mol. The molecule has 0 radical (unpaired) electrons. The summed E-state index contributed by atoms with van der Waals surface area (Å²) >= 11 is 0. The van der Waals surface area contributed by atoms with Crippen LogP contribution in [-0.4, -0.2) is 23.9 Å². The number of hydrogen-bond acceptors (Lipinski definition) is 5. The lowest BCUT2D eigenvalue weighted by molar-refractivity contribution is 0.209. The second-order valence-electron chi connectivity index (χ2n) is 4.14. The van der Waals surface area contributed by atoms with Crippen LogP contribution in [0, 0.1) is 0 Å². The quantitative estimate of drug-likeness (QED) is 0.200. The zero-order chi connectivity index (χ0) is 13.9. The molecule has 0 aromatic heterocycles. The number of oxime groups is 1. The molecule has 0 atom stereocenters. The summed E-state index contributed by atoms with van der Waals surface area (Å²) < 4.78 is 23.3. The zero-order valence-electron chi connectivity index (χ0n) is 11.7. The monoisotopic (exact) mass is 279 g/mol. The van der Waals surface area contributed by atoms with Crippen molar-refractivity contribution in [1.29, 1.82) is 0 Å². The molecule has 0 aromatic rings. The maximum atomic E-state index is 12.5. The van der Waals surface area contributed by atoms with Crippen molar-refractivity contribution in [3.05, 3.63) is 0 Å². The molecule has 0 aliphatic heterocycles. The lowest BCUT2D eigenvalue weighted by Gasteiger charge is -2.18. The van der Waals surface area contributed by atoms with Gasteiger partial charge >= 0.3 is 7.60 Å². The summed E-state index contributed by atoms with van der Waals surface area (Å²) in [5.74, 6) is 0. The first kappa shape index (κ1) is 17.6. The Morgan fingerprint density at radius 3 is 1.89 bits per heavy atom. The van der Waals surface area contributed by atoms with E-state index >= 15 is 0 Å². The van der Waals surface area contributed by atoms with Crippen molar-refractivity contribution < 1.29 is 18.8 Å². The Kier molecular flexibility index (Phi) is 10.3. The molecule has 0 amide bonds. The summed E-state index contributed by atoms with van der Waals surface area (Å²) in [4.78, 5) is 0. The van der Waals surface area contributed by atoms with E-state index < -0.39 is 7.60 Å². The minimum atomic E-state index is -3.41. The van der Waals surface area contributed by atoms with Crippen molar-refractivity contribution in [1.82, 2.24) is 0 Å². The molecule has 0 heterocycles. The van der Waals surface area contributed by atoms with Crippen LogP contribution in [0.15, 0.2) is 5.16 Å². The van der Waals surface area contributed by atoms with Crippen molar-refractivity contribution in [2.24, 2.45) is 5.16 Å². The molecule has 6 heteroatoms. The summed E-state index contributed by atoms with van der Waals surface area (Å²) in [7, 11) is -3.41. The molecule has 0 fully saturated rings. The molecule has 0 rings (SSSR count). The lowest BCUT2D eigenvalue weighted by Crippen LogP contribution is -2.09. The van der Waals surface area contributed by atoms with Gasteiger partial charge in [0.05, 0.1) is 13.2 Å². The Bertz CT molecular complexity index is 267. The summed E-state index contributed by atoms with van der Waals surface area (Å²) in [5.41, 5.74) is 0.136. The predicted octanol–water partition coefficient (Wildman–Crippen LogP) is 4.40. The molecule has 1 N–H and O–H groups in total. The van der Waals surface area contributed by atoms with Crippen LogP contribution in [0.1, 0.15) is 59.3 Å². The first-order valence-corrected chi connectivity index (χ1v) is 8.29. The van der Waals surface area contributed by atoms with E-state index in [0.29, 0.717) is 19.6 Å². The first-order valence-electron chi connectivity index (χ1n) is 6.75. The van der Waals surface area contributed by atoms with Gasteiger partial charge in [0, 0.05) is 6.42 Å². The van der Waals surface area contributed by atoms with Gasteiger partial charge in [-0.3, -0.25) is 4.57 Å². The van der Waals surface area contributed by atoms with Gasteiger partial charge in [-0.25, -0.2) is 0 Å². The highest BCUT2D eigenvalue weighted by molar-refractivity contribution is 7.72. The van der Waals surface area contributed by atoms with Crippen molar-refractivity contribution in [3.63, 3.8) is 0 Å². The topological polar surface area (TPSA) is 68.1 Å². The zero-order valence-corrected chi connectivity index (χ0v) is 12.6. The second kappa shape index (κ2) is 10.5. The normalized spacial score (nSPS) is 12.9. The fraction of sp³-hybridized carbons (Fsp3) is 0.917. The SMILES string of the molecule is CCCCOP(=O)(OCCCC)/C(CCC)=N/O. The van der Waals surface area contributed by atoms with E-state index in [9.17, 15) is 4.57 Å². The fourth-order valence-electron chi connectivity index (χ4n) is 1.31. The van der Waals surface area contributed by atoms with Gasteiger partial charge in [0.25, 0.3) is 0 Å². The van der Waals surface area contributed by atoms with E-state index in [0.717, 1.165) is 32.1 Å². The average molecular weight is 279 g/mol. The number of unbranched alkanes of at least 4 members (excludes halogenated alkanes) is 2. The van der Waals surface area contributed by atoms with Crippen LogP contribution in [0.4, 0.5) is 0 Å². The minimum absolute atomic E-state index is 0.136. The van der Waals surface area contributed by atoms with Crippen LogP contribution >= 0.6 is 7.60 Å². The molecule has 0 bridgehead atoms. The van der Waals surface area contributed by atoms with Gasteiger partial charge in [-0.05, 0) is 12.8 Å². The highest BCUT2D eigenvalue weighted by Gasteiger charge is 2.32. The highest BCUT2D eigenvalue weighted by Crippen LogP contribution is 2.51. The molecule has 0 aliphatic rings. The summed E-state index contributed by atoms with van der Waals surface area (Å²) in [6.07, 6.45) is 4.68. The third kappa shape index (κ3) is 6.53. The molecule has 0 spiro atoms. The van der Waals surface area contributed by atoms with Crippen molar-refractivity contribution >= 4 is 13.0 Å². The molecule has 0 aliphatic carbocycles. The van der Waals surface area contributed by atoms with E-state index in [1.807, 2.05) is 20.8 Å². The van der Waals surface area contributed by atoms with Crippen LogP contribution in [0.3, 0.4) is 0 Å². The van der Waals surface area contributed by atoms with Gasteiger partial charge in [0.15, 0.2) is 5.45 Å². The first-order chi connectivity index (χ1) is 8.64. The Labute approximate surface area is 110 Å². The maximum absolute atomic E-state index is 12.5. The van der Waals surface area contributed by atoms with Gasteiger partial charge in [0.2, 0.25) is 0 Å². The Hall–Kier alpha value is -0.380. The van der Waals surface area contributed by atoms with Gasteiger partial charge < -0.3 is 14.3 Å². The Morgan fingerprint density at radius 1 is 1.06 bits per heavy atom. The van der Waals surface area contributed by atoms with Crippen LogP contribution in [0.25, 0.3) is 0 Å². The Morgan fingerprint density at radius 2 is 1.56 bits per heavy atom. The third-order valence-corrected chi connectivity index (χ3v) is 4.41. The van der Waals surface area contributed by atoms with E-state index in [1.165, 1.54) is 0 Å². The Balaban J connectivity index is 4.61. The van der Waals surface area contributed by atoms with E-state index in [-0.39, 0.29) is 5.45 Å². The minimum Gasteiger partial charge on any atom is -0.410 e. The molecular formula is C12H26NO4P. The molecule has 0 saturated heterocycles. The standard InChI is InChI=1S/C12H26NO4P/c1-4-7-10-16-18(15,17-11-8-5-2)12(13-14)9-6-3/h14H,4-11H2,1-3H3/b13-12+. The largest absolute Gasteiger partial charge is 0.410 e. The van der Waals surface area contributed by atoms with Crippen LogP contribution in [-0.2, 0) is 13.6 Å². The van der Waals surface area contributed by atoms with E-state index in [2.05, 4.69) is 5.16 Å². The summed E-state index contributed by atoms with van der Waals surface area (Å²) in [6.45, 7) is 6.71. The van der Waals surface area contributed by atoms with Crippen molar-refractivity contribution in [3.8, 4) is 0 Å². The van der Waals surface area contributed by atoms with Gasteiger partial charge in [-0.2, -0.15) is 0 Å². The van der Waals surface area contributed by atoms with E-state index in [4.69, 9.17) is 14.3 Å². The second-order valence-corrected chi connectivity index (χ2v) is 6.16. The number of hydrogen-bond donors (Lipinski definition) is 1. The summed E-state index contributed by atoms with van der Waals surface area (Å²) in [5, 5.41) is 12.1. The maximum Gasteiger partial charge on any atom is 0.378 e. The molecule has 18 heavy (non-hydrogen) atoms. The fourth-order valence-corrected chi connectivity index (χ4v) is 3.03. The molecule has 5 nitrogen and oxygen atoms in total. The van der Waals surface area contributed by atoms with Crippen molar-refractivity contribution in [2.75, 3.05) is 13.2 Å². The van der Waals surface area contributed by atoms with Crippen LogP contribution in [0.2, 0.25) is 0 Å². The van der Waals surface area contributed by atoms with E-state index in [1.54, 1.807) is 0 Å². The highest BCUT2D eigenvalue weighted by atomic mass is 31.2. The number of rotatable bonds is 11. The van der Waals surface area contributed by atoms with Crippen molar-refractivity contribution in [2.45, 2.75) is 59.3 Å². The average Bonchev–Trinajstić information content (AvgIpc) is 2.36. The molecule has 108 valence electrons. The molecule has 0 aromatic carbocycles. The van der Waals surface area contributed by atoms with Gasteiger partial charge in [-0.1, -0.05) is 45.2 Å². The number of nitrogens with zero attached hydrogens (tertiary/aromatic N) is 1. The molecule has 0 unspecified atom stereocenters. The van der Waals surface area contributed by atoms with Crippen LogP contribution in [0.5, 0.6) is 0 Å².